The van der Waals surface area contributed by atoms with Gasteiger partial charge in [0.15, 0.2) is 0 Å². The highest BCUT2D eigenvalue weighted by Gasteiger charge is 2.28. The Balaban J connectivity index is 2.20. The molecule has 0 amide bonds. The fourth-order valence-electron chi connectivity index (χ4n) is 3.31. The third kappa shape index (κ3) is 2.06. The Morgan fingerprint density at radius 2 is 1.06 bits per heavy atom. The van der Waals surface area contributed by atoms with Gasteiger partial charge in [-0.05, 0) is 48.0 Å². The summed E-state index contributed by atoms with van der Waals surface area (Å²) in [5.74, 6) is 1.34. The Bertz CT molecular complexity index is 422. The first-order valence-corrected chi connectivity index (χ1v) is 6.63. The van der Waals surface area contributed by atoms with E-state index in [0.717, 1.165) is 0 Å². The molecule has 2 aliphatic carbocycles. The first-order chi connectivity index (χ1) is 7.91. The molecule has 92 valence electrons. The van der Waals surface area contributed by atoms with E-state index < -0.39 is 0 Å². The molecule has 0 nitrogen and oxygen atoms in total. The van der Waals surface area contributed by atoms with Gasteiger partial charge in [0.25, 0.3) is 0 Å². The van der Waals surface area contributed by atoms with Gasteiger partial charge in [0, 0.05) is 11.8 Å². The second-order valence-corrected chi connectivity index (χ2v) is 5.85. The molecular weight excluding hydrogens is 204 g/mol. The van der Waals surface area contributed by atoms with Gasteiger partial charge in [0.2, 0.25) is 0 Å². The van der Waals surface area contributed by atoms with E-state index in [0.29, 0.717) is 11.8 Å². The molecule has 0 heterocycles. The highest BCUT2D eigenvalue weighted by Crippen LogP contribution is 2.42. The quantitative estimate of drug-likeness (QED) is 0.609. The van der Waals surface area contributed by atoms with Crippen molar-refractivity contribution < 1.29 is 0 Å². The summed E-state index contributed by atoms with van der Waals surface area (Å²) in [6.45, 7) is 13.6. The summed E-state index contributed by atoms with van der Waals surface area (Å²) >= 11 is 0. The molecule has 0 radical (unpaired) electrons. The molecule has 0 saturated carbocycles. The smallest absolute Gasteiger partial charge is 0.00191 e. The highest BCUT2D eigenvalue weighted by molar-refractivity contribution is 5.43. The number of hydrogen-bond donors (Lipinski definition) is 0. The average molecular weight is 228 g/mol. The molecule has 0 saturated heterocycles. The van der Waals surface area contributed by atoms with Crippen LogP contribution in [0.4, 0.5) is 0 Å². The van der Waals surface area contributed by atoms with Crippen LogP contribution in [0, 0.1) is 11.8 Å². The van der Waals surface area contributed by atoms with E-state index in [9.17, 15) is 0 Å². The average Bonchev–Trinajstić information content (AvgIpc) is 2.62. The zero-order chi connectivity index (χ0) is 12.7. The van der Waals surface area contributed by atoms with Crippen molar-refractivity contribution in [2.75, 3.05) is 0 Å². The van der Waals surface area contributed by atoms with Gasteiger partial charge in [-0.3, -0.25) is 0 Å². The molecule has 2 atom stereocenters. The molecule has 0 spiro atoms. The van der Waals surface area contributed by atoms with E-state index in [1.165, 1.54) is 17.6 Å². The largest absolute Gasteiger partial charge is 0.0659 e. The molecule has 2 unspecified atom stereocenters. The Labute approximate surface area is 106 Å². The maximum Gasteiger partial charge on any atom is 0.00191 e. The van der Waals surface area contributed by atoms with E-state index in [1.807, 2.05) is 0 Å². The highest BCUT2D eigenvalue weighted by atomic mass is 14.3. The summed E-state index contributed by atoms with van der Waals surface area (Å²) in [5.41, 5.74) is 9.20. The molecule has 0 fully saturated rings. The molecule has 0 N–H and O–H groups in total. The monoisotopic (exact) mass is 228 g/mol. The van der Waals surface area contributed by atoms with Crippen LogP contribution >= 0.6 is 0 Å². The molecule has 0 aliphatic heterocycles. The van der Waals surface area contributed by atoms with Crippen molar-refractivity contribution in [3.8, 4) is 0 Å². The number of rotatable bonds is 2. The summed E-state index contributed by atoms with van der Waals surface area (Å²) < 4.78 is 0. The topological polar surface area (TPSA) is 0 Å². The molecule has 2 rings (SSSR count). The van der Waals surface area contributed by atoms with Gasteiger partial charge < -0.3 is 0 Å². The predicted octanol–water partition coefficient (Wildman–Crippen LogP) is 5.20. The van der Waals surface area contributed by atoms with Crippen molar-refractivity contribution in [1.82, 2.24) is 0 Å². The molecule has 0 aromatic heterocycles. The van der Waals surface area contributed by atoms with Crippen LogP contribution in [0.2, 0.25) is 0 Å². The molecule has 2 aliphatic rings. The van der Waals surface area contributed by atoms with Crippen LogP contribution in [-0.4, -0.2) is 0 Å². The van der Waals surface area contributed by atoms with Crippen LogP contribution in [0.25, 0.3) is 0 Å². The van der Waals surface area contributed by atoms with Gasteiger partial charge >= 0.3 is 0 Å². The second kappa shape index (κ2) is 4.33. The van der Waals surface area contributed by atoms with Gasteiger partial charge in [0.1, 0.15) is 0 Å². The van der Waals surface area contributed by atoms with Gasteiger partial charge in [-0.1, -0.05) is 45.6 Å². The Morgan fingerprint density at radius 1 is 0.706 bits per heavy atom. The van der Waals surface area contributed by atoms with Crippen molar-refractivity contribution in [1.29, 1.82) is 0 Å². The van der Waals surface area contributed by atoms with Crippen molar-refractivity contribution in [3.63, 3.8) is 0 Å². The lowest BCUT2D eigenvalue weighted by Crippen LogP contribution is -2.10. The van der Waals surface area contributed by atoms with Crippen molar-refractivity contribution in [2.45, 2.75) is 48.0 Å². The first kappa shape index (κ1) is 12.4. The van der Waals surface area contributed by atoms with Crippen molar-refractivity contribution in [3.05, 3.63) is 45.6 Å². The fraction of sp³-hybridized carbons (Fsp3) is 0.529. The minimum absolute atomic E-state index is 0.671. The fourth-order valence-corrected chi connectivity index (χ4v) is 3.31. The zero-order valence-electron chi connectivity index (χ0n) is 12.0. The normalized spacial score (nSPS) is 29.1. The third-order valence-corrected chi connectivity index (χ3v) is 4.75. The van der Waals surface area contributed by atoms with Crippen LogP contribution < -0.4 is 0 Å². The van der Waals surface area contributed by atoms with Crippen LogP contribution in [0.15, 0.2) is 45.6 Å². The number of allylic oxidation sites excluding steroid dienone is 8. The Kier molecular flexibility index (Phi) is 3.16. The Morgan fingerprint density at radius 3 is 1.29 bits per heavy atom. The van der Waals surface area contributed by atoms with E-state index in [-0.39, 0.29) is 0 Å². The SMILES string of the molecule is CC1=CC(C)=C(C)C1CC1C(C)=CC(C)=C1C. The van der Waals surface area contributed by atoms with Crippen LogP contribution in [-0.2, 0) is 0 Å². The summed E-state index contributed by atoms with van der Waals surface area (Å²) in [4.78, 5) is 0. The molecule has 0 aromatic carbocycles. The molecular formula is C17H24. The number of hydrogen-bond acceptors (Lipinski definition) is 0. The zero-order valence-corrected chi connectivity index (χ0v) is 12.0. The lowest BCUT2D eigenvalue weighted by molar-refractivity contribution is 0.549. The van der Waals surface area contributed by atoms with E-state index in [2.05, 4.69) is 53.7 Å². The van der Waals surface area contributed by atoms with E-state index in [4.69, 9.17) is 0 Å². The lowest BCUT2D eigenvalue weighted by Gasteiger charge is -2.22. The van der Waals surface area contributed by atoms with Gasteiger partial charge in [0.05, 0.1) is 0 Å². The molecule has 0 aromatic rings. The van der Waals surface area contributed by atoms with Crippen molar-refractivity contribution in [2.24, 2.45) is 11.8 Å². The standard InChI is InChI=1S/C17H24/c1-10-7-12(3)16(14(10)5)9-17-13(4)8-11(2)15(17)6/h7-8,16-17H,9H2,1-6H3. The maximum absolute atomic E-state index is 2.36. The van der Waals surface area contributed by atoms with E-state index >= 15 is 0 Å². The molecule has 0 bridgehead atoms. The molecule has 17 heavy (non-hydrogen) atoms. The summed E-state index contributed by atoms with van der Waals surface area (Å²) in [7, 11) is 0. The van der Waals surface area contributed by atoms with Crippen LogP contribution in [0.1, 0.15) is 48.0 Å². The summed E-state index contributed by atoms with van der Waals surface area (Å²) in [5, 5.41) is 0. The molecule has 0 heteroatoms. The second-order valence-electron chi connectivity index (χ2n) is 5.85. The van der Waals surface area contributed by atoms with Crippen LogP contribution in [0.5, 0.6) is 0 Å². The third-order valence-electron chi connectivity index (χ3n) is 4.75. The summed E-state index contributed by atoms with van der Waals surface area (Å²) in [6.07, 6.45) is 5.98. The summed E-state index contributed by atoms with van der Waals surface area (Å²) in [6, 6.07) is 0. The lowest BCUT2D eigenvalue weighted by atomic mass is 9.82. The predicted molar refractivity (Wildman–Crippen MR) is 75.9 cm³/mol. The van der Waals surface area contributed by atoms with Gasteiger partial charge in [-0.25, -0.2) is 0 Å². The van der Waals surface area contributed by atoms with Crippen LogP contribution in [0.3, 0.4) is 0 Å². The Hall–Kier alpha value is -1.04. The van der Waals surface area contributed by atoms with E-state index in [1.54, 1.807) is 22.3 Å². The maximum atomic E-state index is 2.36. The minimum atomic E-state index is 0.671. The minimum Gasteiger partial charge on any atom is -0.0659 e. The van der Waals surface area contributed by atoms with Gasteiger partial charge in [-0.15, -0.1) is 0 Å². The van der Waals surface area contributed by atoms with Gasteiger partial charge in [-0.2, -0.15) is 0 Å². The first-order valence-electron chi connectivity index (χ1n) is 6.63. The van der Waals surface area contributed by atoms with Crippen molar-refractivity contribution >= 4 is 0 Å².